The van der Waals surface area contributed by atoms with Crippen LogP contribution in [0.4, 0.5) is 0 Å². The first-order chi connectivity index (χ1) is 9.58. The van der Waals surface area contributed by atoms with Crippen molar-refractivity contribution in [2.75, 3.05) is 47.4 Å². The molecule has 0 aliphatic carbocycles. The Morgan fingerprint density at radius 3 is 3.00 bits per heavy atom. The average Bonchev–Trinajstić information content (AvgIpc) is 2.81. The molecular formula is C13H22N4O3. The van der Waals surface area contributed by atoms with Crippen LogP contribution in [0.1, 0.15) is 11.7 Å². The number of piperazine rings is 1. The molecule has 0 bridgehead atoms. The van der Waals surface area contributed by atoms with Crippen LogP contribution in [0, 0.1) is 0 Å². The Hall–Kier alpha value is -1.31. The highest BCUT2D eigenvalue weighted by Crippen LogP contribution is 2.11. The van der Waals surface area contributed by atoms with E-state index in [1.165, 1.54) is 7.11 Å². The molecule has 1 saturated heterocycles. The van der Waals surface area contributed by atoms with Gasteiger partial charge in [-0.25, -0.2) is 0 Å². The summed E-state index contributed by atoms with van der Waals surface area (Å²) in [6.45, 7) is 3.19. The van der Waals surface area contributed by atoms with Crippen LogP contribution in [0.25, 0.3) is 0 Å². The number of nitrogens with zero attached hydrogens (tertiary/aromatic N) is 4. The Morgan fingerprint density at radius 1 is 1.45 bits per heavy atom. The summed E-state index contributed by atoms with van der Waals surface area (Å²) in [5.74, 6) is 0.975. The number of ether oxygens (including phenoxy) is 1. The highest BCUT2D eigenvalue weighted by molar-refractivity contribution is 5.81. The fourth-order valence-corrected chi connectivity index (χ4v) is 2.36. The van der Waals surface area contributed by atoms with Crippen molar-refractivity contribution < 1.29 is 14.1 Å². The van der Waals surface area contributed by atoms with E-state index in [0.717, 1.165) is 26.1 Å². The van der Waals surface area contributed by atoms with Gasteiger partial charge in [0, 0.05) is 39.2 Å². The van der Waals surface area contributed by atoms with Crippen molar-refractivity contribution in [3.8, 4) is 0 Å². The maximum absolute atomic E-state index is 11.4. The molecule has 0 spiro atoms. The van der Waals surface area contributed by atoms with Crippen LogP contribution in [0.2, 0.25) is 0 Å². The molecule has 1 aromatic heterocycles. The number of rotatable bonds is 6. The zero-order chi connectivity index (χ0) is 14.5. The summed E-state index contributed by atoms with van der Waals surface area (Å²) >= 11 is 0. The molecule has 1 aliphatic heterocycles. The monoisotopic (exact) mass is 282 g/mol. The van der Waals surface area contributed by atoms with Crippen LogP contribution in [-0.2, 0) is 22.4 Å². The summed E-state index contributed by atoms with van der Waals surface area (Å²) in [5.41, 5.74) is 0. The van der Waals surface area contributed by atoms with Crippen molar-refractivity contribution in [2.24, 2.45) is 0 Å². The van der Waals surface area contributed by atoms with Crippen LogP contribution < -0.4 is 0 Å². The zero-order valence-corrected chi connectivity index (χ0v) is 12.3. The number of likely N-dealkylation sites (N-methyl/N-ethyl adjacent to an activating group) is 2. The van der Waals surface area contributed by atoms with Gasteiger partial charge in [-0.3, -0.25) is 4.79 Å². The highest BCUT2D eigenvalue weighted by atomic mass is 16.5. The van der Waals surface area contributed by atoms with Gasteiger partial charge >= 0.3 is 0 Å². The zero-order valence-electron chi connectivity index (χ0n) is 12.3. The summed E-state index contributed by atoms with van der Waals surface area (Å²) in [6, 6.07) is 0.383. The second kappa shape index (κ2) is 6.92. The maximum atomic E-state index is 11.4. The molecule has 1 fully saturated rings. The first-order valence-electron chi connectivity index (χ1n) is 6.79. The molecular weight excluding hydrogens is 260 g/mol. The molecule has 0 radical (unpaired) electrons. The summed E-state index contributed by atoms with van der Waals surface area (Å²) < 4.78 is 9.89. The third-order valence-corrected chi connectivity index (χ3v) is 3.56. The lowest BCUT2D eigenvalue weighted by Gasteiger charge is -2.37. The van der Waals surface area contributed by atoms with Crippen molar-refractivity contribution in [2.45, 2.75) is 18.9 Å². The molecule has 0 aromatic carbocycles. The molecule has 7 nitrogen and oxygen atoms in total. The van der Waals surface area contributed by atoms with Gasteiger partial charge in [0.05, 0.1) is 6.42 Å². The van der Waals surface area contributed by atoms with Crippen molar-refractivity contribution in [3.05, 3.63) is 11.7 Å². The fraction of sp³-hybridized carbons (Fsp3) is 0.769. The lowest BCUT2D eigenvalue weighted by molar-refractivity contribution is -0.122. The van der Waals surface area contributed by atoms with E-state index in [1.807, 2.05) is 0 Å². The Bertz CT molecular complexity index is 449. The van der Waals surface area contributed by atoms with E-state index in [0.29, 0.717) is 17.8 Å². The molecule has 7 heteroatoms. The molecule has 1 unspecified atom stereocenters. The van der Waals surface area contributed by atoms with Gasteiger partial charge in [0.1, 0.15) is 6.61 Å². The number of aromatic nitrogens is 2. The van der Waals surface area contributed by atoms with E-state index in [1.54, 1.807) is 0 Å². The minimum absolute atomic E-state index is 0.0581. The average molecular weight is 282 g/mol. The number of carbonyl (C=O) groups excluding carboxylic acids is 1. The smallest absolute Gasteiger partial charge is 0.234 e. The SMILES string of the molecule is COCC(=O)Cc1nc(CC2CN(C)CCN2C)no1. The van der Waals surface area contributed by atoms with Crippen LogP contribution >= 0.6 is 0 Å². The van der Waals surface area contributed by atoms with E-state index in [9.17, 15) is 4.79 Å². The van der Waals surface area contributed by atoms with E-state index in [-0.39, 0.29) is 18.8 Å². The van der Waals surface area contributed by atoms with Gasteiger partial charge in [-0.15, -0.1) is 0 Å². The predicted molar refractivity (Wildman–Crippen MR) is 72.5 cm³/mol. The van der Waals surface area contributed by atoms with Crippen LogP contribution in [0.5, 0.6) is 0 Å². The first kappa shape index (κ1) is 15.1. The third kappa shape index (κ3) is 4.09. The highest BCUT2D eigenvalue weighted by Gasteiger charge is 2.24. The van der Waals surface area contributed by atoms with E-state index >= 15 is 0 Å². The van der Waals surface area contributed by atoms with Crippen molar-refractivity contribution in [1.29, 1.82) is 0 Å². The van der Waals surface area contributed by atoms with Gasteiger partial charge in [-0.05, 0) is 14.1 Å². The molecule has 0 amide bonds. The minimum Gasteiger partial charge on any atom is -0.377 e. The Balaban J connectivity index is 1.90. The van der Waals surface area contributed by atoms with Gasteiger partial charge < -0.3 is 19.1 Å². The lowest BCUT2D eigenvalue weighted by atomic mass is 10.1. The number of hydrogen-bond donors (Lipinski definition) is 0. The summed E-state index contributed by atoms with van der Waals surface area (Å²) in [6.07, 6.45) is 0.879. The molecule has 0 saturated carbocycles. The number of methoxy groups -OCH3 is 1. The van der Waals surface area contributed by atoms with Gasteiger partial charge in [-0.2, -0.15) is 4.98 Å². The molecule has 0 N–H and O–H groups in total. The van der Waals surface area contributed by atoms with Crippen LogP contribution in [-0.4, -0.2) is 79.2 Å². The molecule has 1 atom stereocenters. The summed E-state index contributed by atoms with van der Waals surface area (Å²) in [4.78, 5) is 20.3. The van der Waals surface area contributed by atoms with Crippen LogP contribution in [0.15, 0.2) is 4.52 Å². The Kier molecular flexibility index (Phi) is 5.22. The second-order valence-electron chi connectivity index (χ2n) is 5.35. The largest absolute Gasteiger partial charge is 0.377 e. The Morgan fingerprint density at radius 2 is 2.25 bits per heavy atom. The molecule has 20 heavy (non-hydrogen) atoms. The second-order valence-corrected chi connectivity index (χ2v) is 5.35. The molecule has 1 aliphatic rings. The fourth-order valence-electron chi connectivity index (χ4n) is 2.36. The van der Waals surface area contributed by atoms with Crippen LogP contribution in [0.3, 0.4) is 0 Å². The molecule has 112 valence electrons. The van der Waals surface area contributed by atoms with Gasteiger partial charge in [0.25, 0.3) is 0 Å². The summed E-state index contributed by atoms with van der Waals surface area (Å²) in [7, 11) is 5.72. The van der Waals surface area contributed by atoms with Gasteiger partial charge in [-0.1, -0.05) is 5.16 Å². The van der Waals surface area contributed by atoms with E-state index in [2.05, 4.69) is 34.0 Å². The first-order valence-corrected chi connectivity index (χ1v) is 6.79. The number of carbonyl (C=O) groups is 1. The summed E-state index contributed by atoms with van der Waals surface area (Å²) in [5, 5.41) is 3.96. The molecule has 2 heterocycles. The minimum atomic E-state index is -0.0581. The van der Waals surface area contributed by atoms with Gasteiger partial charge in [0.2, 0.25) is 5.89 Å². The number of hydrogen-bond acceptors (Lipinski definition) is 7. The van der Waals surface area contributed by atoms with Crippen molar-refractivity contribution >= 4 is 5.78 Å². The quantitative estimate of drug-likeness (QED) is 0.704. The Labute approximate surface area is 118 Å². The third-order valence-electron chi connectivity index (χ3n) is 3.56. The van der Waals surface area contributed by atoms with E-state index in [4.69, 9.17) is 9.26 Å². The topological polar surface area (TPSA) is 71.7 Å². The number of Topliss-reactive ketones (excluding diaryl/α,β-unsaturated/α-hetero) is 1. The molecule has 1 aromatic rings. The lowest BCUT2D eigenvalue weighted by Crippen LogP contribution is -2.50. The van der Waals surface area contributed by atoms with Gasteiger partial charge in [0.15, 0.2) is 11.6 Å². The predicted octanol–water partition coefficient (Wildman–Crippen LogP) is -0.384. The number of ketones is 1. The van der Waals surface area contributed by atoms with E-state index < -0.39 is 0 Å². The van der Waals surface area contributed by atoms with Crippen molar-refractivity contribution in [3.63, 3.8) is 0 Å². The normalized spacial score (nSPS) is 21.2. The molecule has 2 rings (SSSR count). The van der Waals surface area contributed by atoms with Crippen molar-refractivity contribution in [1.82, 2.24) is 19.9 Å². The maximum Gasteiger partial charge on any atom is 0.234 e. The standard InChI is InChI=1S/C13H22N4O3/c1-16-4-5-17(2)10(8-16)6-12-14-13(20-15-12)7-11(18)9-19-3/h10H,4-9H2,1-3H3.